The summed E-state index contributed by atoms with van der Waals surface area (Å²) in [5, 5.41) is 2.56. The Hall–Kier alpha value is -1.97. The van der Waals surface area contributed by atoms with Crippen LogP contribution in [0, 0.1) is 11.3 Å². The van der Waals surface area contributed by atoms with E-state index in [0.29, 0.717) is 17.9 Å². The second kappa shape index (κ2) is 7.76. The molecule has 3 nitrogen and oxygen atoms in total. The Morgan fingerprint density at radius 2 is 2.03 bits per heavy atom. The first-order valence-corrected chi connectivity index (χ1v) is 14.1. The van der Waals surface area contributed by atoms with Crippen LogP contribution in [0.1, 0.15) is 83.1 Å². The van der Waals surface area contributed by atoms with E-state index in [4.69, 9.17) is 4.74 Å². The maximum absolute atomic E-state index is 7.50. The third kappa shape index (κ3) is 3.07. The molecule has 2 aliphatic heterocycles. The molecule has 0 N–H and O–H groups in total. The number of pyridine rings is 1. The lowest BCUT2D eigenvalue weighted by Crippen LogP contribution is -2.55. The van der Waals surface area contributed by atoms with Gasteiger partial charge in [-0.05, 0) is 123 Å². The molecular weight excluding hydrogens is 428 g/mol. The van der Waals surface area contributed by atoms with Crippen molar-refractivity contribution in [2.45, 2.75) is 94.8 Å². The molecule has 1 saturated heterocycles. The van der Waals surface area contributed by atoms with E-state index in [9.17, 15) is 0 Å². The first kappa shape index (κ1) is 22.2. The number of rotatable bonds is 4. The average molecular weight is 469 g/mol. The monoisotopic (exact) mass is 468 g/mol. The lowest BCUT2D eigenvalue weighted by atomic mass is 9.58. The molecule has 2 saturated carbocycles. The van der Waals surface area contributed by atoms with Crippen LogP contribution in [0.4, 0.5) is 0 Å². The SMILES string of the molecule is CCCN(C)[C@H]1CCC2=CC3=CC[C@]4(C)C(c5ccc6ccncc6c5)CC[C@H]4[C@@]34CCC2(C1)O4. The summed E-state index contributed by atoms with van der Waals surface area (Å²) >= 11 is 0. The van der Waals surface area contributed by atoms with Gasteiger partial charge in [0.1, 0.15) is 0 Å². The summed E-state index contributed by atoms with van der Waals surface area (Å²) in [6.07, 6.45) is 20.2. The fourth-order valence-corrected chi connectivity index (χ4v) is 9.16. The predicted molar refractivity (Wildman–Crippen MR) is 142 cm³/mol. The summed E-state index contributed by atoms with van der Waals surface area (Å²) in [6, 6.07) is 9.90. The highest BCUT2D eigenvalue weighted by Gasteiger charge is 2.66. The molecule has 0 radical (unpaired) electrons. The van der Waals surface area contributed by atoms with Gasteiger partial charge >= 0.3 is 0 Å². The van der Waals surface area contributed by atoms with E-state index in [1.807, 2.05) is 12.4 Å². The van der Waals surface area contributed by atoms with E-state index in [0.717, 1.165) is 0 Å². The van der Waals surface area contributed by atoms with Crippen molar-refractivity contribution < 1.29 is 4.74 Å². The van der Waals surface area contributed by atoms with Crippen molar-refractivity contribution in [2.75, 3.05) is 13.6 Å². The molecule has 2 aromatic rings. The number of fused-ring (bicyclic) bond motifs is 2. The van der Waals surface area contributed by atoms with Gasteiger partial charge in [0.2, 0.25) is 0 Å². The van der Waals surface area contributed by atoms with E-state index < -0.39 is 0 Å². The summed E-state index contributed by atoms with van der Waals surface area (Å²) in [7, 11) is 2.33. The van der Waals surface area contributed by atoms with Crippen molar-refractivity contribution in [3.8, 4) is 0 Å². The lowest BCUT2D eigenvalue weighted by molar-refractivity contribution is -0.140. The minimum absolute atomic E-state index is 0.00673. The van der Waals surface area contributed by atoms with Crippen LogP contribution in [0.15, 0.2) is 60.0 Å². The number of benzene rings is 1. The first-order valence-electron chi connectivity index (χ1n) is 14.1. The molecule has 2 bridgehead atoms. The summed E-state index contributed by atoms with van der Waals surface area (Å²) in [5.41, 5.74) is 4.83. The van der Waals surface area contributed by atoms with Gasteiger partial charge in [-0.2, -0.15) is 0 Å². The van der Waals surface area contributed by atoms with E-state index in [1.165, 1.54) is 86.2 Å². The Morgan fingerprint density at radius 1 is 1.11 bits per heavy atom. The van der Waals surface area contributed by atoms with E-state index in [2.05, 4.69) is 67.2 Å². The molecule has 3 fully saturated rings. The number of hydrogen-bond acceptors (Lipinski definition) is 3. The number of allylic oxidation sites excluding steroid dienone is 1. The summed E-state index contributed by atoms with van der Waals surface area (Å²) in [4.78, 5) is 7.00. The maximum Gasteiger partial charge on any atom is 0.0974 e. The molecule has 2 spiro atoms. The van der Waals surface area contributed by atoms with Crippen LogP contribution in [0.3, 0.4) is 0 Å². The highest BCUT2D eigenvalue weighted by molar-refractivity contribution is 5.82. The highest BCUT2D eigenvalue weighted by atomic mass is 16.5. The molecule has 7 rings (SSSR count). The Bertz CT molecular complexity index is 1230. The number of hydrogen-bond donors (Lipinski definition) is 0. The van der Waals surface area contributed by atoms with Crippen LogP contribution in [-0.4, -0.2) is 40.7 Å². The Balaban J connectivity index is 1.24. The van der Waals surface area contributed by atoms with Crippen LogP contribution < -0.4 is 0 Å². The predicted octanol–water partition coefficient (Wildman–Crippen LogP) is 7.19. The molecule has 3 heterocycles. The van der Waals surface area contributed by atoms with Crippen molar-refractivity contribution in [1.82, 2.24) is 9.88 Å². The summed E-state index contributed by atoms with van der Waals surface area (Å²) in [6.45, 7) is 6.07. The van der Waals surface area contributed by atoms with Gasteiger partial charge in [0.05, 0.1) is 11.2 Å². The normalized spacial score (nSPS) is 39.7. The van der Waals surface area contributed by atoms with Crippen molar-refractivity contribution in [3.63, 3.8) is 0 Å². The zero-order valence-corrected chi connectivity index (χ0v) is 21.7. The fraction of sp³-hybridized carbons (Fsp3) is 0.594. The number of nitrogens with zero attached hydrogens (tertiary/aromatic N) is 2. The molecule has 0 amide bonds. The van der Waals surface area contributed by atoms with Gasteiger partial charge < -0.3 is 9.64 Å². The molecule has 5 aliphatic rings. The zero-order chi connectivity index (χ0) is 23.8. The average Bonchev–Trinajstić information content (AvgIpc) is 3.38. The van der Waals surface area contributed by atoms with Crippen molar-refractivity contribution in [1.29, 1.82) is 0 Å². The molecule has 35 heavy (non-hydrogen) atoms. The van der Waals surface area contributed by atoms with Gasteiger partial charge in [-0.15, -0.1) is 0 Å². The van der Waals surface area contributed by atoms with E-state index in [-0.39, 0.29) is 16.6 Å². The van der Waals surface area contributed by atoms with Gasteiger partial charge in [0, 0.05) is 23.8 Å². The van der Waals surface area contributed by atoms with Crippen LogP contribution in [-0.2, 0) is 4.74 Å². The molecule has 6 atom stereocenters. The van der Waals surface area contributed by atoms with Crippen molar-refractivity contribution >= 4 is 10.8 Å². The Labute approximate surface area is 210 Å². The standard InChI is InChI=1S/C32H40N2O/c1-4-17-34(3)27-8-7-25-19-26-11-13-30(2)28(23-6-5-22-12-16-33-21-24(22)18-23)9-10-29(30)32(26)15-14-31(25,20-27)35-32/h5-6,11-12,16,18-19,21,27-29H,4,7-10,13-15,17,20H2,1-3H3/t27-,28?,29+,30+,31?,32+/m0/s1. The second-order valence-electron chi connectivity index (χ2n) is 12.6. The maximum atomic E-state index is 7.50. The first-order chi connectivity index (χ1) is 17.0. The van der Waals surface area contributed by atoms with Crippen LogP contribution in [0.25, 0.3) is 10.8 Å². The van der Waals surface area contributed by atoms with Gasteiger partial charge in [-0.3, -0.25) is 4.98 Å². The largest absolute Gasteiger partial charge is 0.359 e. The smallest absolute Gasteiger partial charge is 0.0974 e. The number of aromatic nitrogens is 1. The van der Waals surface area contributed by atoms with Gasteiger partial charge in [-0.25, -0.2) is 0 Å². The highest BCUT2D eigenvalue weighted by Crippen LogP contribution is 2.69. The lowest BCUT2D eigenvalue weighted by Gasteiger charge is -2.55. The van der Waals surface area contributed by atoms with Gasteiger partial charge in [0.25, 0.3) is 0 Å². The molecule has 184 valence electrons. The molecular formula is C32H40N2O. The molecule has 3 aliphatic carbocycles. The van der Waals surface area contributed by atoms with Gasteiger partial charge in [0.15, 0.2) is 0 Å². The number of ether oxygens (including phenoxy) is 1. The van der Waals surface area contributed by atoms with Crippen LogP contribution in [0.5, 0.6) is 0 Å². The quantitative estimate of drug-likeness (QED) is 0.475. The summed E-state index contributed by atoms with van der Waals surface area (Å²) in [5.74, 6) is 1.19. The minimum atomic E-state index is -0.0606. The van der Waals surface area contributed by atoms with E-state index in [1.54, 1.807) is 5.57 Å². The van der Waals surface area contributed by atoms with Crippen LogP contribution in [0.2, 0.25) is 0 Å². The van der Waals surface area contributed by atoms with Crippen molar-refractivity contribution in [2.24, 2.45) is 11.3 Å². The summed E-state index contributed by atoms with van der Waals surface area (Å²) < 4.78 is 7.50. The third-order valence-electron chi connectivity index (χ3n) is 10.9. The Morgan fingerprint density at radius 3 is 2.91 bits per heavy atom. The molecule has 1 aromatic carbocycles. The molecule has 2 unspecified atom stereocenters. The van der Waals surface area contributed by atoms with Crippen molar-refractivity contribution in [3.05, 3.63) is 65.5 Å². The van der Waals surface area contributed by atoms with Crippen LogP contribution >= 0.6 is 0 Å². The minimum Gasteiger partial charge on any atom is -0.359 e. The molecule has 3 heteroatoms. The topological polar surface area (TPSA) is 25.4 Å². The third-order valence-corrected chi connectivity index (χ3v) is 10.9. The fourth-order valence-electron chi connectivity index (χ4n) is 9.16. The van der Waals surface area contributed by atoms with Gasteiger partial charge in [-0.1, -0.05) is 38.1 Å². The Kier molecular flexibility index (Phi) is 4.93. The molecule has 1 aromatic heterocycles. The van der Waals surface area contributed by atoms with E-state index >= 15 is 0 Å². The zero-order valence-electron chi connectivity index (χ0n) is 21.7. The second-order valence-corrected chi connectivity index (χ2v) is 12.6.